The Morgan fingerprint density at radius 1 is 1.39 bits per heavy atom. The van der Waals surface area contributed by atoms with Crippen LogP contribution in [0.5, 0.6) is 5.88 Å². The Morgan fingerprint density at radius 2 is 2.26 bits per heavy atom. The van der Waals surface area contributed by atoms with Crippen molar-refractivity contribution >= 4 is 11.6 Å². The van der Waals surface area contributed by atoms with E-state index in [0.29, 0.717) is 35.9 Å². The van der Waals surface area contributed by atoms with Crippen molar-refractivity contribution in [1.29, 1.82) is 5.26 Å². The van der Waals surface area contributed by atoms with Gasteiger partial charge in [0.25, 0.3) is 5.91 Å². The Balaban J connectivity index is 1.73. The summed E-state index contributed by atoms with van der Waals surface area (Å²) in [4.78, 5) is 16.5. The number of anilines is 1. The quantitative estimate of drug-likeness (QED) is 0.937. The molecule has 1 aromatic carbocycles. The van der Waals surface area contributed by atoms with E-state index in [1.807, 2.05) is 6.07 Å². The first-order chi connectivity index (χ1) is 11.3. The van der Waals surface area contributed by atoms with Gasteiger partial charge in [-0.25, -0.2) is 4.98 Å². The number of nitrogens with zero attached hydrogens (tertiary/aromatic N) is 2. The molecular formula is C17H15N3O3. The maximum Gasteiger partial charge on any atom is 0.255 e. The van der Waals surface area contributed by atoms with E-state index >= 15 is 0 Å². The van der Waals surface area contributed by atoms with Crippen LogP contribution in [0.2, 0.25) is 0 Å². The molecule has 2 heterocycles. The standard InChI is InChI=1S/C17H15N3O3/c18-10-13-3-1-2-4-15(13)20-17(21)12-5-7-19-16(9-12)23-14-6-8-22-11-14/h1-5,7,9,14H,6,8,11H2,(H,20,21). The summed E-state index contributed by atoms with van der Waals surface area (Å²) in [5.74, 6) is 0.0735. The Labute approximate surface area is 133 Å². The molecule has 1 N–H and O–H groups in total. The maximum absolute atomic E-state index is 12.3. The molecule has 0 spiro atoms. The lowest BCUT2D eigenvalue weighted by Crippen LogP contribution is -2.17. The monoisotopic (exact) mass is 309 g/mol. The highest BCUT2D eigenvalue weighted by atomic mass is 16.5. The van der Waals surface area contributed by atoms with Crippen molar-refractivity contribution in [1.82, 2.24) is 4.98 Å². The molecule has 0 bridgehead atoms. The highest BCUT2D eigenvalue weighted by molar-refractivity contribution is 6.05. The molecule has 0 radical (unpaired) electrons. The summed E-state index contributed by atoms with van der Waals surface area (Å²) in [6.45, 7) is 1.21. The zero-order valence-electron chi connectivity index (χ0n) is 12.4. The third-order valence-electron chi connectivity index (χ3n) is 3.47. The Hall–Kier alpha value is -2.91. The molecule has 0 aliphatic carbocycles. The lowest BCUT2D eigenvalue weighted by Gasteiger charge is -2.12. The Morgan fingerprint density at radius 3 is 3.04 bits per heavy atom. The zero-order valence-corrected chi connectivity index (χ0v) is 12.4. The Bertz CT molecular complexity index is 749. The summed E-state index contributed by atoms with van der Waals surface area (Å²) >= 11 is 0. The largest absolute Gasteiger partial charge is 0.472 e. The minimum Gasteiger partial charge on any atom is -0.472 e. The lowest BCUT2D eigenvalue weighted by atomic mass is 10.2. The van der Waals surface area contributed by atoms with Gasteiger partial charge in [0.15, 0.2) is 0 Å². The fourth-order valence-corrected chi connectivity index (χ4v) is 2.28. The van der Waals surface area contributed by atoms with Gasteiger partial charge in [0, 0.05) is 24.2 Å². The molecule has 1 aliphatic heterocycles. The van der Waals surface area contributed by atoms with E-state index < -0.39 is 0 Å². The van der Waals surface area contributed by atoms with E-state index in [1.54, 1.807) is 36.4 Å². The van der Waals surface area contributed by atoms with Gasteiger partial charge in [-0.1, -0.05) is 12.1 Å². The van der Waals surface area contributed by atoms with Gasteiger partial charge in [0.1, 0.15) is 12.2 Å². The molecule has 116 valence electrons. The van der Waals surface area contributed by atoms with Crippen molar-refractivity contribution in [2.24, 2.45) is 0 Å². The van der Waals surface area contributed by atoms with Gasteiger partial charge in [-0.2, -0.15) is 5.26 Å². The van der Waals surface area contributed by atoms with Crippen LogP contribution < -0.4 is 10.1 Å². The molecule has 1 saturated heterocycles. The third kappa shape index (κ3) is 3.65. The molecule has 3 rings (SSSR count). The number of nitriles is 1. The summed E-state index contributed by atoms with van der Waals surface area (Å²) in [5.41, 5.74) is 1.31. The van der Waals surface area contributed by atoms with Crippen molar-refractivity contribution in [3.63, 3.8) is 0 Å². The number of aromatic nitrogens is 1. The second kappa shape index (κ2) is 6.90. The highest BCUT2D eigenvalue weighted by Crippen LogP contribution is 2.18. The number of carbonyl (C=O) groups excluding carboxylic acids is 1. The van der Waals surface area contributed by atoms with Crippen molar-refractivity contribution in [2.75, 3.05) is 18.5 Å². The molecule has 0 saturated carbocycles. The first kappa shape index (κ1) is 15.0. The topological polar surface area (TPSA) is 84.2 Å². The molecule has 1 fully saturated rings. The molecule has 6 heteroatoms. The molecular weight excluding hydrogens is 294 g/mol. The summed E-state index contributed by atoms with van der Waals surface area (Å²) in [5, 5.41) is 11.8. The van der Waals surface area contributed by atoms with Crippen LogP contribution >= 0.6 is 0 Å². The number of pyridine rings is 1. The molecule has 1 unspecified atom stereocenters. The first-order valence-electron chi connectivity index (χ1n) is 7.27. The summed E-state index contributed by atoms with van der Waals surface area (Å²) < 4.78 is 10.9. The predicted molar refractivity (Wildman–Crippen MR) is 83.2 cm³/mol. The fraction of sp³-hybridized carbons (Fsp3) is 0.235. The smallest absolute Gasteiger partial charge is 0.255 e. The van der Waals surface area contributed by atoms with Gasteiger partial charge in [-0.3, -0.25) is 4.79 Å². The van der Waals surface area contributed by atoms with Gasteiger partial charge >= 0.3 is 0 Å². The highest BCUT2D eigenvalue weighted by Gasteiger charge is 2.18. The number of carbonyl (C=O) groups is 1. The van der Waals surface area contributed by atoms with Gasteiger partial charge in [-0.15, -0.1) is 0 Å². The van der Waals surface area contributed by atoms with Crippen molar-refractivity contribution in [3.05, 3.63) is 53.7 Å². The normalized spacial score (nSPS) is 16.6. The second-order valence-corrected chi connectivity index (χ2v) is 5.10. The number of rotatable bonds is 4. The zero-order chi connectivity index (χ0) is 16.1. The van der Waals surface area contributed by atoms with E-state index in [9.17, 15) is 4.79 Å². The minimum absolute atomic E-state index is 0.0277. The number of nitrogens with one attached hydrogen (secondary N) is 1. The molecule has 1 aromatic heterocycles. The van der Waals surface area contributed by atoms with Gasteiger partial charge in [-0.05, 0) is 18.2 Å². The number of ether oxygens (including phenoxy) is 2. The van der Waals surface area contributed by atoms with Crippen LogP contribution in [0.25, 0.3) is 0 Å². The minimum atomic E-state index is -0.317. The van der Waals surface area contributed by atoms with E-state index in [4.69, 9.17) is 14.7 Å². The number of amides is 1. The average molecular weight is 309 g/mol. The van der Waals surface area contributed by atoms with Gasteiger partial charge in [0.05, 0.1) is 24.5 Å². The van der Waals surface area contributed by atoms with Crippen LogP contribution in [-0.2, 0) is 4.74 Å². The van der Waals surface area contributed by atoms with Crippen molar-refractivity contribution < 1.29 is 14.3 Å². The van der Waals surface area contributed by atoms with Gasteiger partial charge in [0.2, 0.25) is 5.88 Å². The number of hydrogen-bond donors (Lipinski definition) is 1. The summed E-state index contributed by atoms with van der Waals surface area (Å²) in [6, 6.07) is 12.1. The number of para-hydroxylation sites is 1. The molecule has 6 nitrogen and oxygen atoms in total. The number of benzene rings is 1. The van der Waals surface area contributed by atoms with Crippen molar-refractivity contribution in [2.45, 2.75) is 12.5 Å². The molecule has 1 aliphatic rings. The van der Waals surface area contributed by atoms with E-state index in [0.717, 1.165) is 6.42 Å². The van der Waals surface area contributed by atoms with Crippen LogP contribution in [0.1, 0.15) is 22.3 Å². The summed E-state index contributed by atoms with van der Waals surface area (Å²) in [7, 11) is 0. The number of hydrogen-bond acceptors (Lipinski definition) is 5. The first-order valence-corrected chi connectivity index (χ1v) is 7.27. The molecule has 1 atom stereocenters. The second-order valence-electron chi connectivity index (χ2n) is 5.10. The fourth-order valence-electron chi connectivity index (χ4n) is 2.28. The lowest BCUT2D eigenvalue weighted by molar-refractivity contribution is 0.102. The van der Waals surface area contributed by atoms with Crippen molar-refractivity contribution in [3.8, 4) is 11.9 Å². The molecule has 1 amide bonds. The predicted octanol–water partition coefficient (Wildman–Crippen LogP) is 2.37. The Kier molecular flexibility index (Phi) is 4.50. The molecule has 23 heavy (non-hydrogen) atoms. The average Bonchev–Trinajstić information content (AvgIpc) is 3.08. The summed E-state index contributed by atoms with van der Waals surface area (Å²) in [6.07, 6.45) is 2.31. The van der Waals surface area contributed by atoms with E-state index in [2.05, 4.69) is 10.3 Å². The SMILES string of the molecule is N#Cc1ccccc1NC(=O)c1ccnc(OC2CCOC2)c1. The maximum atomic E-state index is 12.3. The third-order valence-corrected chi connectivity index (χ3v) is 3.47. The van der Waals surface area contributed by atoms with E-state index in [1.165, 1.54) is 6.20 Å². The van der Waals surface area contributed by atoms with Crippen LogP contribution in [0.3, 0.4) is 0 Å². The van der Waals surface area contributed by atoms with Crippen LogP contribution in [-0.4, -0.2) is 30.2 Å². The van der Waals surface area contributed by atoms with Crippen LogP contribution in [0.15, 0.2) is 42.6 Å². The van der Waals surface area contributed by atoms with Crippen LogP contribution in [0.4, 0.5) is 5.69 Å². The molecule has 2 aromatic rings. The van der Waals surface area contributed by atoms with E-state index in [-0.39, 0.29) is 12.0 Å². The van der Waals surface area contributed by atoms with Crippen LogP contribution in [0, 0.1) is 11.3 Å². The van der Waals surface area contributed by atoms with Gasteiger partial charge < -0.3 is 14.8 Å².